The number of nitrogens with one attached hydrogen (secondary N) is 1. The molecule has 1 amide bonds. The summed E-state index contributed by atoms with van der Waals surface area (Å²) in [6.45, 7) is 1.71. The zero-order valence-electron chi connectivity index (χ0n) is 23.9. The third kappa shape index (κ3) is 8.51. The first-order chi connectivity index (χ1) is 20.9. The van der Waals surface area contributed by atoms with Gasteiger partial charge >= 0.3 is 0 Å². The van der Waals surface area contributed by atoms with Crippen LogP contribution < -0.4 is 5.32 Å². The zero-order valence-corrected chi connectivity index (χ0v) is 24.7. The first-order valence-corrected chi connectivity index (χ1v) is 15.8. The van der Waals surface area contributed by atoms with Crippen molar-refractivity contribution in [3.05, 3.63) is 115 Å². The molecule has 0 saturated heterocycles. The third-order valence-electron chi connectivity index (χ3n) is 7.69. The zero-order chi connectivity index (χ0) is 30.1. The van der Waals surface area contributed by atoms with Crippen molar-refractivity contribution in [3.63, 3.8) is 0 Å². The van der Waals surface area contributed by atoms with E-state index in [1.54, 1.807) is 24.7 Å². The minimum absolute atomic E-state index is 0.00532. The fourth-order valence-corrected chi connectivity index (χ4v) is 6.44. The third-order valence-corrected chi connectivity index (χ3v) is 8.60. The molecule has 0 bridgehead atoms. The molecule has 0 spiro atoms. The van der Waals surface area contributed by atoms with E-state index in [-0.39, 0.29) is 35.1 Å². The Bertz CT molecular complexity index is 1530. The van der Waals surface area contributed by atoms with Crippen LogP contribution in [0.4, 0.5) is 5.69 Å². The average Bonchev–Trinajstić information content (AvgIpc) is 3.02. The number of pyridine rings is 3. The molecule has 11 heteroatoms. The Balaban J connectivity index is 1.44. The molecule has 2 unspecified atom stereocenters. The fourth-order valence-electron chi connectivity index (χ4n) is 5.79. The van der Waals surface area contributed by atoms with Gasteiger partial charge in [-0.15, -0.1) is 0 Å². The number of hydrogen-bond acceptors (Lipinski definition) is 8. The number of carbonyl (C=O) groups excluding carboxylic acids is 1. The number of nitrogens with zero attached hydrogens (tertiary/aromatic N) is 5. The van der Waals surface area contributed by atoms with E-state index >= 15 is 0 Å². The summed E-state index contributed by atoms with van der Waals surface area (Å²) in [7, 11) is -4.51. The lowest BCUT2D eigenvalue weighted by Crippen LogP contribution is -2.54. The summed E-state index contributed by atoms with van der Waals surface area (Å²) in [4.78, 5) is 31.4. The molecular weight excluding hydrogens is 564 g/mol. The maximum absolute atomic E-state index is 13.5. The topological polar surface area (TPSA) is 129 Å². The number of carbonyl (C=O) groups is 1. The number of benzene rings is 1. The first kappa shape index (κ1) is 30.4. The Labute approximate surface area is 252 Å². The van der Waals surface area contributed by atoms with Crippen LogP contribution in [-0.2, 0) is 34.5 Å². The van der Waals surface area contributed by atoms with Crippen LogP contribution in [0, 0.1) is 0 Å². The van der Waals surface area contributed by atoms with Crippen LogP contribution in [0.25, 0.3) is 0 Å². The molecule has 43 heavy (non-hydrogen) atoms. The SMILES string of the molecule is O=C(CN(Cc1ccccn1)C1CCCCC1N(Cc1ccccn1)Cc1ccccn1)Nc1ccccc1S(=O)(=O)O. The van der Waals surface area contributed by atoms with Gasteiger partial charge in [0.2, 0.25) is 5.91 Å². The largest absolute Gasteiger partial charge is 0.324 e. The van der Waals surface area contributed by atoms with Gasteiger partial charge in [0.15, 0.2) is 0 Å². The van der Waals surface area contributed by atoms with E-state index in [0.29, 0.717) is 19.6 Å². The van der Waals surface area contributed by atoms with Gasteiger partial charge < -0.3 is 5.32 Å². The van der Waals surface area contributed by atoms with Gasteiger partial charge in [-0.05, 0) is 61.4 Å². The minimum Gasteiger partial charge on any atom is -0.324 e. The molecule has 1 aromatic carbocycles. The van der Waals surface area contributed by atoms with Crippen molar-refractivity contribution < 1.29 is 17.8 Å². The number of hydrogen-bond donors (Lipinski definition) is 2. The van der Waals surface area contributed by atoms with Crippen LogP contribution in [0.5, 0.6) is 0 Å². The predicted molar refractivity (Wildman–Crippen MR) is 163 cm³/mol. The highest BCUT2D eigenvalue weighted by Crippen LogP contribution is 2.30. The van der Waals surface area contributed by atoms with Gasteiger partial charge in [0.05, 0.1) is 29.3 Å². The van der Waals surface area contributed by atoms with Crippen molar-refractivity contribution >= 4 is 21.7 Å². The van der Waals surface area contributed by atoms with Crippen molar-refractivity contribution in [1.29, 1.82) is 0 Å². The van der Waals surface area contributed by atoms with E-state index in [0.717, 1.165) is 42.8 Å². The summed E-state index contributed by atoms with van der Waals surface area (Å²) < 4.78 is 33.6. The van der Waals surface area contributed by atoms with Gasteiger partial charge in [-0.1, -0.05) is 43.2 Å². The van der Waals surface area contributed by atoms with E-state index in [4.69, 9.17) is 0 Å². The van der Waals surface area contributed by atoms with Crippen LogP contribution in [0.2, 0.25) is 0 Å². The summed E-state index contributed by atoms with van der Waals surface area (Å²) in [5.74, 6) is -0.377. The number of amides is 1. The number of aromatic nitrogens is 3. The van der Waals surface area contributed by atoms with Gasteiger partial charge in [0, 0.05) is 50.3 Å². The summed E-state index contributed by atoms with van der Waals surface area (Å²) in [6, 6.07) is 23.5. The lowest BCUT2D eigenvalue weighted by atomic mass is 9.87. The van der Waals surface area contributed by atoms with Crippen LogP contribution in [0.15, 0.2) is 102 Å². The fraction of sp³-hybridized carbons (Fsp3) is 0.312. The van der Waals surface area contributed by atoms with Crippen LogP contribution in [0.1, 0.15) is 42.8 Å². The van der Waals surface area contributed by atoms with Crippen molar-refractivity contribution in [3.8, 4) is 0 Å². The van der Waals surface area contributed by atoms with Gasteiger partial charge in [-0.25, -0.2) is 0 Å². The standard InChI is InChI=1S/C32H36N6O4S/c39-32(36-28-14-1-4-17-31(28)43(40,41)42)24-38(23-27-13-7-10-20-35-27)30-16-3-2-15-29(30)37(21-25-11-5-8-18-33-25)22-26-12-6-9-19-34-26/h1,4-14,17-20,29-30H,2-3,15-16,21-24H2,(H,36,39)(H,40,41,42). The molecule has 0 aliphatic heterocycles. The molecule has 1 fully saturated rings. The number of anilines is 1. The smallest absolute Gasteiger partial charge is 0.296 e. The molecule has 3 aromatic heterocycles. The number of para-hydroxylation sites is 1. The van der Waals surface area contributed by atoms with E-state index in [1.165, 1.54) is 18.2 Å². The van der Waals surface area contributed by atoms with Crippen molar-refractivity contribution in [2.75, 3.05) is 11.9 Å². The molecule has 3 heterocycles. The molecule has 4 aromatic rings. The Kier molecular flexibility index (Phi) is 10.2. The molecule has 5 rings (SSSR count). The van der Waals surface area contributed by atoms with Crippen molar-refractivity contribution in [2.45, 2.75) is 62.3 Å². The quantitative estimate of drug-likeness (QED) is 0.225. The van der Waals surface area contributed by atoms with E-state index in [1.807, 2.05) is 54.6 Å². The summed E-state index contributed by atoms with van der Waals surface area (Å²) >= 11 is 0. The van der Waals surface area contributed by atoms with Gasteiger partial charge in [-0.2, -0.15) is 8.42 Å². The average molecular weight is 601 g/mol. The first-order valence-electron chi connectivity index (χ1n) is 14.4. The Morgan fingerprint density at radius 1 is 0.721 bits per heavy atom. The lowest BCUT2D eigenvalue weighted by Gasteiger charge is -2.45. The molecular formula is C32H36N6O4S. The van der Waals surface area contributed by atoms with Crippen molar-refractivity contribution in [2.24, 2.45) is 0 Å². The van der Waals surface area contributed by atoms with E-state index < -0.39 is 10.1 Å². The van der Waals surface area contributed by atoms with Crippen LogP contribution in [0.3, 0.4) is 0 Å². The Morgan fingerprint density at radius 2 is 1.19 bits per heavy atom. The monoisotopic (exact) mass is 600 g/mol. The maximum Gasteiger partial charge on any atom is 0.296 e. The highest BCUT2D eigenvalue weighted by molar-refractivity contribution is 7.86. The van der Waals surface area contributed by atoms with Gasteiger partial charge in [0.25, 0.3) is 10.1 Å². The highest BCUT2D eigenvalue weighted by atomic mass is 32.2. The van der Waals surface area contributed by atoms with Crippen molar-refractivity contribution in [1.82, 2.24) is 24.8 Å². The second kappa shape index (κ2) is 14.4. The molecule has 1 aliphatic carbocycles. The second-order valence-electron chi connectivity index (χ2n) is 10.7. The van der Waals surface area contributed by atoms with Crippen LogP contribution in [-0.4, -0.2) is 62.3 Å². The van der Waals surface area contributed by atoms with Crippen LogP contribution >= 0.6 is 0 Å². The Morgan fingerprint density at radius 3 is 1.67 bits per heavy atom. The number of rotatable bonds is 12. The highest BCUT2D eigenvalue weighted by Gasteiger charge is 2.36. The van der Waals surface area contributed by atoms with Gasteiger partial charge in [0.1, 0.15) is 4.90 Å². The normalized spacial score (nSPS) is 17.2. The van der Waals surface area contributed by atoms with E-state index in [2.05, 4.69) is 30.1 Å². The molecule has 224 valence electrons. The Hall–Kier alpha value is -4.03. The molecule has 10 nitrogen and oxygen atoms in total. The van der Waals surface area contributed by atoms with Gasteiger partial charge in [-0.3, -0.25) is 34.1 Å². The lowest BCUT2D eigenvalue weighted by molar-refractivity contribution is -0.118. The summed E-state index contributed by atoms with van der Waals surface area (Å²) in [6.07, 6.45) is 9.25. The molecule has 0 radical (unpaired) electrons. The predicted octanol–water partition coefficient (Wildman–Crippen LogP) is 4.57. The molecule has 2 N–H and O–H groups in total. The summed E-state index contributed by atoms with van der Waals surface area (Å²) in [5, 5.41) is 2.72. The molecule has 2 atom stereocenters. The summed E-state index contributed by atoms with van der Waals surface area (Å²) in [5.41, 5.74) is 2.79. The van der Waals surface area contributed by atoms with E-state index in [9.17, 15) is 17.8 Å². The minimum atomic E-state index is -4.51. The molecule has 1 saturated carbocycles. The molecule has 1 aliphatic rings. The maximum atomic E-state index is 13.5. The second-order valence-corrected chi connectivity index (χ2v) is 12.1.